The van der Waals surface area contributed by atoms with Crippen LogP contribution in [-0.2, 0) is 25.8 Å². The molecule has 1 aliphatic rings. The number of carbonyl (C=O) groups excluding carboxylic acids is 1. The summed E-state index contributed by atoms with van der Waals surface area (Å²) in [6.45, 7) is 9.25. The molecule has 0 saturated heterocycles. The Hall–Kier alpha value is -1.69. The molecular weight excluding hydrogens is 334 g/mol. The molecule has 2 aromatic heterocycles. The standard InChI is InChI=1S/C19H27N3O2S/c1-6-16-20-17(24-21-16)11-22(5)18(23)15-10-12-9-13(19(2,3)4)7-8-14(12)25-15/h10,13H,6-9,11H2,1-5H3. The first kappa shape index (κ1) is 18.1. The van der Waals surface area contributed by atoms with Crippen LogP contribution in [0.2, 0.25) is 0 Å². The van der Waals surface area contributed by atoms with E-state index in [9.17, 15) is 4.79 Å². The van der Waals surface area contributed by atoms with Crippen LogP contribution in [0.15, 0.2) is 10.6 Å². The van der Waals surface area contributed by atoms with Crippen LogP contribution in [0.5, 0.6) is 0 Å². The lowest BCUT2D eigenvalue weighted by molar-refractivity contribution is 0.0774. The van der Waals surface area contributed by atoms with E-state index in [0.717, 1.165) is 24.1 Å². The Morgan fingerprint density at radius 2 is 2.20 bits per heavy atom. The SMILES string of the molecule is CCc1noc(CN(C)C(=O)c2cc3c(s2)CCC(C(C)(C)C)C3)n1. The minimum absolute atomic E-state index is 0.0305. The van der Waals surface area contributed by atoms with Crippen molar-refractivity contribution in [3.8, 4) is 0 Å². The third-order valence-electron chi connectivity index (χ3n) is 5.06. The van der Waals surface area contributed by atoms with Gasteiger partial charge in [-0.05, 0) is 42.2 Å². The lowest BCUT2D eigenvalue weighted by Crippen LogP contribution is -2.26. The van der Waals surface area contributed by atoms with E-state index in [1.54, 1.807) is 23.3 Å². The maximum absolute atomic E-state index is 12.8. The average molecular weight is 362 g/mol. The second-order valence-corrected chi connectivity index (χ2v) is 9.12. The molecule has 0 N–H and O–H groups in total. The van der Waals surface area contributed by atoms with Gasteiger partial charge in [0.2, 0.25) is 5.89 Å². The van der Waals surface area contributed by atoms with E-state index in [1.807, 2.05) is 6.92 Å². The highest BCUT2D eigenvalue weighted by atomic mass is 32.1. The molecule has 0 spiro atoms. The molecule has 0 aliphatic heterocycles. The molecule has 136 valence electrons. The predicted octanol–water partition coefficient (Wildman–Crippen LogP) is 4.12. The molecule has 1 atom stereocenters. The number of fused-ring (bicyclic) bond motifs is 1. The van der Waals surface area contributed by atoms with Crippen LogP contribution in [0.3, 0.4) is 0 Å². The van der Waals surface area contributed by atoms with Crippen molar-refractivity contribution in [2.45, 2.75) is 59.9 Å². The van der Waals surface area contributed by atoms with Crippen molar-refractivity contribution in [2.24, 2.45) is 11.3 Å². The molecule has 2 aromatic rings. The van der Waals surface area contributed by atoms with Gasteiger partial charge in [0.25, 0.3) is 5.91 Å². The van der Waals surface area contributed by atoms with Gasteiger partial charge in [0, 0.05) is 18.3 Å². The Kier molecular flexibility index (Phi) is 5.00. The van der Waals surface area contributed by atoms with Crippen LogP contribution in [0.25, 0.3) is 0 Å². The topological polar surface area (TPSA) is 59.2 Å². The van der Waals surface area contributed by atoms with Crippen molar-refractivity contribution in [1.82, 2.24) is 15.0 Å². The summed E-state index contributed by atoms with van der Waals surface area (Å²) < 4.78 is 5.19. The van der Waals surface area contributed by atoms with Crippen LogP contribution in [0, 0.1) is 11.3 Å². The smallest absolute Gasteiger partial charge is 0.264 e. The quantitative estimate of drug-likeness (QED) is 0.822. The Bertz CT molecular complexity index is 757. The normalized spacial score (nSPS) is 17.4. The van der Waals surface area contributed by atoms with Gasteiger partial charge in [-0.1, -0.05) is 32.9 Å². The zero-order chi connectivity index (χ0) is 18.2. The molecule has 0 fully saturated rings. The number of hydrogen-bond acceptors (Lipinski definition) is 5. The van der Waals surface area contributed by atoms with Gasteiger partial charge >= 0.3 is 0 Å². The number of hydrogen-bond donors (Lipinski definition) is 0. The number of amides is 1. The Morgan fingerprint density at radius 3 is 2.84 bits per heavy atom. The van der Waals surface area contributed by atoms with Crippen molar-refractivity contribution in [3.05, 3.63) is 33.1 Å². The number of nitrogens with zero attached hydrogens (tertiary/aromatic N) is 3. The third kappa shape index (κ3) is 3.94. The summed E-state index contributed by atoms with van der Waals surface area (Å²) in [4.78, 5) is 20.9. The van der Waals surface area contributed by atoms with Gasteiger partial charge in [0.05, 0.1) is 4.88 Å². The van der Waals surface area contributed by atoms with Crippen molar-refractivity contribution < 1.29 is 9.32 Å². The molecule has 0 saturated carbocycles. The van der Waals surface area contributed by atoms with Crippen molar-refractivity contribution in [2.75, 3.05) is 7.05 Å². The zero-order valence-corrected chi connectivity index (χ0v) is 16.6. The molecule has 0 bridgehead atoms. The summed E-state index contributed by atoms with van der Waals surface area (Å²) >= 11 is 1.65. The van der Waals surface area contributed by atoms with Gasteiger partial charge in [-0.2, -0.15) is 4.98 Å². The van der Waals surface area contributed by atoms with Gasteiger partial charge in [-0.25, -0.2) is 0 Å². The maximum Gasteiger partial charge on any atom is 0.264 e. The molecule has 25 heavy (non-hydrogen) atoms. The highest BCUT2D eigenvalue weighted by Crippen LogP contribution is 2.40. The molecular formula is C19H27N3O2S. The number of aryl methyl sites for hydroxylation is 2. The van der Waals surface area contributed by atoms with E-state index >= 15 is 0 Å². The van der Waals surface area contributed by atoms with Crippen LogP contribution in [0.4, 0.5) is 0 Å². The first-order valence-corrected chi connectivity index (χ1v) is 9.78. The summed E-state index contributed by atoms with van der Waals surface area (Å²) in [6, 6.07) is 2.10. The van der Waals surface area contributed by atoms with Gasteiger partial charge in [-0.15, -0.1) is 11.3 Å². The second kappa shape index (κ2) is 6.90. The lowest BCUT2D eigenvalue weighted by atomic mass is 9.72. The molecule has 2 heterocycles. The summed E-state index contributed by atoms with van der Waals surface area (Å²) in [5.41, 5.74) is 1.68. The minimum Gasteiger partial charge on any atom is -0.337 e. The Balaban J connectivity index is 1.70. The van der Waals surface area contributed by atoms with E-state index in [-0.39, 0.29) is 5.91 Å². The summed E-state index contributed by atoms with van der Waals surface area (Å²) in [6.07, 6.45) is 4.11. The Morgan fingerprint density at radius 1 is 1.44 bits per heavy atom. The monoisotopic (exact) mass is 361 g/mol. The van der Waals surface area contributed by atoms with Gasteiger partial charge in [0.15, 0.2) is 5.82 Å². The fourth-order valence-electron chi connectivity index (χ4n) is 3.33. The second-order valence-electron chi connectivity index (χ2n) is 7.98. The van der Waals surface area contributed by atoms with Crippen molar-refractivity contribution in [1.29, 1.82) is 0 Å². The number of thiophene rings is 1. The zero-order valence-electron chi connectivity index (χ0n) is 15.8. The van der Waals surface area contributed by atoms with Gasteiger partial charge in [-0.3, -0.25) is 4.79 Å². The lowest BCUT2D eigenvalue weighted by Gasteiger charge is -2.33. The third-order valence-corrected chi connectivity index (χ3v) is 6.29. The molecule has 1 amide bonds. The number of rotatable bonds is 4. The first-order valence-electron chi connectivity index (χ1n) is 8.96. The maximum atomic E-state index is 12.8. The summed E-state index contributed by atoms with van der Waals surface area (Å²) in [7, 11) is 1.79. The fourth-order valence-corrected chi connectivity index (χ4v) is 4.53. The van der Waals surface area contributed by atoms with Crippen LogP contribution < -0.4 is 0 Å². The van der Waals surface area contributed by atoms with E-state index in [1.165, 1.54) is 16.9 Å². The minimum atomic E-state index is 0.0305. The average Bonchev–Trinajstić information content (AvgIpc) is 3.18. The molecule has 0 radical (unpaired) electrons. The van der Waals surface area contributed by atoms with Crippen molar-refractivity contribution >= 4 is 17.2 Å². The van der Waals surface area contributed by atoms with Crippen LogP contribution in [-0.4, -0.2) is 28.0 Å². The summed E-state index contributed by atoms with van der Waals surface area (Å²) in [5, 5.41) is 3.88. The van der Waals surface area contributed by atoms with Crippen molar-refractivity contribution in [3.63, 3.8) is 0 Å². The van der Waals surface area contributed by atoms with E-state index in [2.05, 4.69) is 37.0 Å². The van der Waals surface area contributed by atoms with E-state index in [4.69, 9.17) is 4.52 Å². The molecule has 1 aliphatic carbocycles. The number of carbonyl (C=O) groups is 1. The molecule has 1 unspecified atom stereocenters. The molecule has 0 aromatic carbocycles. The highest BCUT2D eigenvalue weighted by Gasteiger charge is 2.30. The molecule has 6 heteroatoms. The van der Waals surface area contributed by atoms with Gasteiger partial charge in [0.1, 0.15) is 6.54 Å². The first-order chi connectivity index (χ1) is 11.8. The van der Waals surface area contributed by atoms with Crippen LogP contribution in [0.1, 0.15) is 65.9 Å². The largest absolute Gasteiger partial charge is 0.337 e. The summed E-state index contributed by atoms with van der Waals surface area (Å²) in [5.74, 6) is 1.88. The fraction of sp³-hybridized carbons (Fsp3) is 0.632. The molecule has 3 rings (SSSR count). The number of aromatic nitrogens is 2. The van der Waals surface area contributed by atoms with E-state index in [0.29, 0.717) is 29.6 Å². The highest BCUT2D eigenvalue weighted by molar-refractivity contribution is 7.14. The van der Waals surface area contributed by atoms with Crippen LogP contribution >= 0.6 is 11.3 Å². The Labute approximate surface area is 153 Å². The predicted molar refractivity (Wildman–Crippen MR) is 98.8 cm³/mol. The van der Waals surface area contributed by atoms with Gasteiger partial charge < -0.3 is 9.42 Å². The molecule has 5 nitrogen and oxygen atoms in total. The van der Waals surface area contributed by atoms with E-state index < -0.39 is 0 Å².